The molecule has 4 heteroatoms. The van der Waals surface area contributed by atoms with Crippen LogP contribution in [0.2, 0.25) is 0 Å². The predicted octanol–water partition coefficient (Wildman–Crippen LogP) is 3.16. The zero-order valence-corrected chi connectivity index (χ0v) is 12.7. The Kier molecular flexibility index (Phi) is 4.23. The van der Waals surface area contributed by atoms with E-state index < -0.39 is 0 Å². The van der Waals surface area contributed by atoms with Gasteiger partial charge in [-0.3, -0.25) is 9.59 Å². The summed E-state index contributed by atoms with van der Waals surface area (Å²) in [6.07, 6.45) is 0.867. The fourth-order valence-corrected chi connectivity index (χ4v) is 2.48. The topological polar surface area (TPSA) is 62.0 Å². The Morgan fingerprint density at radius 3 is 2.05 bits per heavy atom. The normalized spacial score (nSPS) is 12.3. The molecule has 0 aliphatic rings. The number of hydrogen-bond acceptors (Lipinski definition) is 2. The minimum Gasteiger partial charge on any atom is -0.348 e. The molecule has 0 spiro atoms. The second-order valence-electron chi connectivity index (χ2n) is 6.92. The van der Waals surface area contributed by atoms with Gasteiger partial charge in [-0.05, 0) is 37.8 Å². The molecular formula is C15H24N2O2. The summed E-state index contributed by atoms with van der Waals surface area (Å²) in [6, 6.07) is 3.27. The third-order valence-corrected chi connectivity index (χ3v) is 2.73. The number of carbonyl (C=O) groups excluding carboxylic acids is 2. The van der Waals surface area contributed by atoms with Crippen LogP contribution in [-0.4, -0.2) is 22.2 Å². The number of Topliss-reactive ketones (excluding diaryl/α,β-unsaturated/α-hetero) is 1. The van der Waals surface area contributed by atoms with Gasteiger partial charge >= 0.3 is 0 Å². The minimum atomic E-state index is -0.295. The third-order valence-electron chi connectivity index (χ3n) is 2.73. The standard InChI is InChI=1S/C15H24N2O2/c1-10(18)11-7-8-12(16-11)13(19)17-15(5,6)9-14(2,3)4/h7-8,16H,9H2,1-6H3,(H,17,19). The summed E-state index contributed by atoms with van der Waals surface area (Å²) in [4.78, 5) is 26.2. The van der Waals surface area contributed by atoms with E-state index >= 15 is 0 Å². The van der Waals surface area contributed by atoms with Crippen LogP contribution in [-0.2, 0) is 0 Å². The van der Waals surface area contributed by atoms with Crippen molar-refractivity contribution in [3.63, 3.8) is 0 Å². The Hall–Kier alpha value is -1.58. The number of aromatic amines is 1. The Bertz CT molecular complexity index is 479. The van der Waals surface area contributed by atoms with Gasteiger partial charge in [0.2, 0.25) is 0 Å². The maximum absolute atomic E-state index is 12.1. The summed E-state index contributed by atoms with van der Waals surface area (Å²) >= 11 is 0. The van der Waals surface area contributed by atoms with Crippen LogP contribution < -0.4 is 5.32 Å². The highest BCUT2D eigenvalue weighted by molar-refractivity contribution is 5.97. The van der Waals surface area contributed by atoms with E-state index in [9.17, 15) is 9.59 Å². The molecule has 0 atom stereocenters. The van der Waals surface area contributed by atoms with E-state index in [1.165, 1.54) is 6.92 Å². The molecule has 0 saturated heterocycles. The lowest BCUT2D eigenvalue weighted by molar-refractivity contribution is 0.0887. The van der Waals surface area contributed by atoms with E-state index in [-0.39, 0.29) is 22.6 Å². The average molecular weight is 264 g/mol. The van der Waals surface area contributed by atoms with Gasteiger partial charge in [0, 0.05) is 12.5 Å². The SMILES string of the molecule is CC(=O)c1ccc(C(=O)NC(C)(C)CC(C)(C)C)[nH]1. The van der Waals surface area contributed by atoms with E-state index in [1.807, 2.05) is 13.8 Å². The molecule has 1 aromatic rings. The van der Waals surface area contributed by atoms with Crippen molar-refractivity contribution in [3.05, 3.63) is 23.5 Å². The number of ketones is 1. The molecular weight excluding hydrogens is 240 g/mol. The first-order chi connectivity index (χ1) is 8.50. The maximum atomic E-state index is 12.1. The zero-order chi connectivity index (χ0) is 14.8. The first-order valence-electron chi connectivity index (χ1n) is 6.53. The second-order valence-corrected chi connectivity index (χ2v) is 6.92. The summed E-state index contributed by atoms with van der Waals surface area (Å²) in [5, 5.41) is 3.00. The predicted molar refractivity (Wildman–Crippen MR) is 76.4 cm³/mol. The molecule has 1 aromatic heterocycles. The molecule has 2 N–H and O–H groups in total. The number of amides is 1. The summed E-state index contributed by atoms with van der Waals surface area (Å²) in [5.74, 6) is -0.255. The molecule has 1 rings (SSSR count). The number of H-pyrrole nitrogens is 1. The van der Waals surface area contributed by atoms with Crippen LogP contribution in [0.25, 0.3) is 0 Å². The van der Waals surface area contributed by atoms with Gasteiger partial charge in [0.05, 0.1) is 5.69 Å². The Labute approximate surface area is 115 Å². The fourth-order valence-electron chi connectivity index (χ4n) is 2.48. The molecule has 106 valence electrons. The Balaban J connectivity index is 2.75. The Morgan fingerprint density at radius 1 is 1.11 bits per heavy atom. The summed E-state index contributed by atoms with van der Waals surface area (Å²) in [6.45, 7) is 11.9. The smallest absolute Gasteiger partial charge is 0.268 e. The van der Waals surface area contributed by atoms with Gasteiger partial charge < -0.3 is 10.3 Å². The molecule has 1 amide bonds. The molecule has 1 heterocycles. The van der Waals surface area contributed by atoms with E-state index in [0.29, 0.717) is 11.4 Å². The third kappa shape index (κ3) is 4.89. The van der Waals surface area contributed by atoms with Crippen molar-refractivity contribution in [2.75, 3.05) is 0 Å². The van der Waals surface area contributed by atoms with Crippen molar-refractivity contribution >= 4 is 11.7 Å². The van der Waals surface area contributed by atoms with Gasteiger partial charge in [-0.15, -0.1) is 0 Å². The zero-order valence-electron chi connectivity index (χ0n) is 12.7. The van der Waals surface area contributed by atoms with Gasteiger partial charge in [0.1, 0.15) is 5.69 Å². The maximum Gasteiger partial charge on any atom is 0.268 e. The van der Waals surface area contributed by atoms with Gasteiger partial charge in [-0.1, -0.05) is 20.8 Å². The van der Waals surface area contributed by atoms with Gasteiger partial charge in [0.25, 0.3) is 5.91 Å². The number of aromatic nitrogens is 1. The van der Waals surface area contributed by atoms with Crippen LogP contribution in [0.15, 0.2) is 12.1 Å². The number of carbonyl (C=O) groups is 2. The van der Waals surface area contributed by atoms with Gasteiger partial charge in [0.15, 0.2) is 5.78 Å². The molecule has 0 radical (unpaired) electrons. The monoisotopic (exact) mass is 264 g/mol. The van der Waals surface area contributed by atoms with Crippen LogP contribution in [0.1, 0.15) is 68.9 Å². The highest BCUT2D eigenvalue weighted by Gasteiger charge is 2.27. The van der Waals surface area contributed by atoms with E-state index in [0.717, 1.165) is 6.42 Å². The van der Waals surface area contributed by atoms with E-state index in [1.54, 1.807) is 12.1 Å². The first kappa shape index (κ1) is 15.5. The number of hydrogen-bond donors (Lipinski definition) is 2. The average Bonchev–Trinajstić information content (AvgIpc) is 2.60. The van der Waals surface area contributed by atoms with E-state index in [4.69, 9.17) is 0 Å². The lowest BCUT2D eigenvalue weighted by atomic mass is 9.82. The van der Waals surface area contributed by atoms with Crippen LogP contribution in [0.5, 0.6) is 0 Å². The fraction of sp³-hybridized carbons (Fsp3) is 0.600. The lowest BCUT2D eigenvalue weighted by Gasteiger charge is -2.33. The summed E-state index contributed by atoms with van der Waals surface area (Å²) < 4.78 is 0. The van der Waals surface area contributed by atoms with Crippen molar-refractivity contribution in [2.45, 2.75) is 53.5 Å². The van der Waals surface area contributed by atoms with Gasteiger partial charge in [-0.2, -0.15) is 0 Å². The van der Waals surface area contributed by atoms with Crippen LogP contribution in [0.3, 0.4) is 0 Å². The molecule has 0 aliphatic carbocycles. The number of nitrogens with one attached hydrogen (secondary N) is 2. The molecule has 4 nitrogen and oxygen atoms in total. The minimum absolute atomic E-state index is 0.0759. The van der Waals surface area contributed by atoms with Gasteiger partial charge in [-0.25, -0.2) is 0 Å². The van der Waals surface area contributed by atoms with Crippen LogP contribution >= 0.6 is 0 Å². The highest BCUT2D eigenvalue weighted by atomic mass is 16.2. The second kappa shape index (κ2) is 5.19. The molecule has 0 aliphatic heterocycles. The van der Waals surface area contributed by atoms with Crippen molar-refractivity contribution in [1.29, 1.82) is 0 Å². The highest BCUT2D eigenvalue weighted by Crippen LogP contribution is 2.26. The van der Waals surface area contributed by atoms with Crippen molar-refractivity contribution in [3.8, 4) is 0 Å². The van der Waals surface area contributed by atoms with E-state index in [2.05, 4.69) is 31.1 Å². The molecule has 0 unspecified atom stereocenters. The lowest BCUT2D eigenvalue weighted by Crippen LogP contribution is -2.45. The van der Waals surface area contributed by atoms with Crippen molar-refractivity contribution in [1.82, 2.24) is 10.3 Å². The van der Waals surface area contributed by atoms with Crippen LogP contribution in [0.4, 0.5) is 0 Å². The summed E-state index contributed by atoms with van der Waals surface area (Å²) in [7, 11) is 0. The molecule has 19 heavy (non-hydrogen) atoms. The summed E-state index contributed by atoms with van der Waals surface area (Å²) in [5.41, 5.74) is 0.722. The van der Waals surface area contributed by atoms with Crippen LogP contribution in [0, 0.1) is 5.41 Å². The largest absolute Gasteiger partial charge is 0.348 e. The number of rotatable bonds is 4. The first-order valence-corrected chi connectivity index (χ1v) is 6.53. The molecule has 0 saturated carbocycles. The van der Waals surface area contributed by atoms with Crippen molar-refractivity contribution < 1.29 is 9.59 Å². The molecule has 0 fully saturated rings. The molecule has 0 aromatic carbocycles. The quantitative estimate of drug-likeness (QED) is 0.820. The molecule has 0 bridgehead atoms. The Morgan fingerprint density at radius 2 is 1.63 bits per heavy atom. The van der Waals surface area contributed by atoms with Crippen molar-refractivity contribution in [2.24, 2.45) is 5.41 Å².